The zero-order chi connectivity index (χ0) is 13.9. The van der Waals surface area contributed by atoms with Crippen molar-refractivity contribution in [3.05, 3.63) is 23.9 Å². The van der Waals surface area contributed by atoms with Crippen molar-refractivity contribution < 1.29 is 0 Å². The fourth-order valence-electron chi connectivity index (χ4n) is 2.46. The molecular weight excluding hydrogens is 252 g/mol. The van der Waals surface area contributed by atoms with Gasteiger partial charge in [0, 0.05) is 52.5 Å². The molecule has 108 valence electrons. The van der Waals surface area contributed by atoms with Gasteiger partial charge in [-0.05, 0) is 18.6 Å². The molecular formula is C14H22N6. The lowest BCUT2D eigenvalue weighted by Crippen LogP contribution is -2.46. The van der Waals surface area contributed by atoms with Crippen molar-refractivity contribution in [1.29, 1.82) is 0 Å². The van der Waals surface area contributed by atoms with Crippen molar-refractivity contribution in [3.8, 4) is 0 Å². The third kappa shape index (κ3) is 2.91. The zero-order valence-electron chi connectivity index (χ0n) is 12.2. The van der Waals surface area contributed by atoms with Gasteiger partial charge in [0.1, 0.15) is 0 Å². The minimum absolute atomic E-state index is 0.797. The van der Waals surface area contributed by atoms with Gasteiger partial charge >= 0.3 is 0 Å². The zero-order valence-corrected chi connectivity index (χ0v) is 12.2. The second-order valence-electron chi connectivity index (χ2n) is 5.43. The molecule has 0 saturated carbocycles. The van der Waals surface area contributed by atoms with E-state index in [4.69, 9.17) is 0 Å². The molecule has 2 aromatic rings. The Labute approximate surface area is 119 Å². The van der Waals surface area contributed by atoms with E-state index in [0.717, 1.165) is 50.9 Å². The predicted molar refractivity (Wildman–Crippen MR) is 80.3 cm³/mol. The third-order valence-corrected chi connectivity index (χ3v) is 3.77. The van der Waals surface area contributed by atoms with E-state index in [-0.39, 0.29) is 0 Å². The van der Waals surface area contributed by atoms with Gasteiger partial charge in [-0.25, -0.2) is 4.52 Å². The number of likely N-dealkylation sites (N-methyl/N-ethyl adjacent to an activating group) is 1. The number of anilines is 1. The van der Waals surface area contributed by atoms with Crippen LogP contribution in [0.4, 0.5) is 5.95 Å². The second kappa shape index (κ2) is 5.76. The summed E-state index contributed by atoms with van der Waals surface area (Å²) in [5.74, 6) is 0.797. The molecule has 0 aliphatic carbocycles. The number of hydrogen-bond acceptors (Lipinski definition) is 5. The molecule has 0 atom stereocenters. The van der Waals surface area contributed by atoms with Crippen molar-refractivity contribution in [2.45, 2.75) is 6.92 Å². The predicted octanol–water partition coefficient (Wildman–Crippen LogP) is 0.379. The first-order valence-electron chi connectivity index (χ1n) is 7.19. The van der Waals surface area contributed by atoms with E-state index < -0.39 is 0 Å². The standard InChI is InChI=1S/C14H22N6/c1-12-3-4-13-16-14(17-20(13)11-12)18(2)9-10-19-7-5-15-6-8-19/h3-4,11,15H,5-10H2,1-2H3. The van der Waals surface area contributed by atoms with E-state index in [1.54, 1.807) is 0 Å². The van der Waals surface area contributed by atoms with Crippen molar-refractivity contribution >= 4 is 11.6 Å². The summed E-state index contributed by atoms with van der Waals surface area (Å²) in [6.07, 6.45) is 2.01. The van der Waals surface area contributed by atoms with Crippen LogP contribution >= 0.6 is 0 Å². The van der Waals surface area contributed by atoms with E-state index in [0.29, 0.717) is 0 Å². The van der Waals surface area contributed by atoms with Crippen LogP contribution in [0.1, 0.15) is 5.56 Å². The van der Waals surface area contributed by atoms with Gasteiger partial charge in [0.25, 0.3) is 0 Å². The summed E-state index contributed by atoms with van der Waals surface area (Å²) < 4.78 is 1.85. The summed E-state index contributed by atoms with van der Waals surface area (Å²) in [7, 11) is 2.06. The highest BCUT2D eigenvalue weighted by Gasteiger charge is 2.12. The van der Waals surface area contributed by atoms with Crippen LogP contribution in [0.15, 0.2) is 18.3 Å². The summed E-state index contributed by atoms with van der Waals surface area (Å²) in [5.41, 5.74) is 2.09. The highest BCUT2D eigenvalue weighted by Crippen LogP contribution is 2.10. The molecule has 1 N–H and O–H groups in total. The molecule has 1 aliphatic rings. The average Bonchev–Trinajstić information content (AvgIpc) is 2.89. The minimum Gasteiger partial charge on any atom is -0.341 e. The number of nitrogens with one attached hydrogen (secondary N) is 1. The third-order valence-electron chi connectivity index (χ3n) is 3.77. The maximum Gasteiger partial charge on any atom is 0.245 e. The molecule has 0 radical (unpaired) electrons. The largest absolute Gasteiger partial charge is 0.341 e. The van der Waals surface area contributed by atoms with Crippen LogP contribution in [0.2, 0.25) is 0 Å². The summed E-state index contributed by atoms with van der Waals surface area (Å²) in [6.45, 7) is 8.53. The number of nitrogens with zero attached hydrogens (tertiary/aromatic N) is 5. The van der Waals surface area contributed by atoms with Crippen LogP contribution in [0.5, 0.6) is 0 Å². The quantitative estimate of drug-likeness (QED) is 0.873. The lowest BCUT2D eigenvalue weighted by atomic mass is 10.3. The molecule has 1 fully saturated rings. The molecule has 0 unspecified atom stereocenters. The average molecular weight is 274 g/mol. The molecule has 0 aromatic carbocycles. The Morgan fingerprint density at radius 2 is 2.10 bits per heavy atom. The summed E-state index contributed by atoms with van der Waals surface area (Å²) in [4.78, 5) is 9.17. The van der Waals surface area contributed by atoms with Crippen LogP contribution in [0.3, 0.4) is 0 Å². The summed E-state index contributed by atoms with van der Waals surface area (Å²) in [6, 6.07) is 4.07. The molecule has 1 aliphatic heterocycles. The van der Waals surface area contributed by atoms with Crippen LogP contribution in [0, 0.1) is 6.92 Å². The second-order valence-corrected chi connectivity index (χ2v) is 5.43. The normalized spacial score (nSPS) is 16.7. The Bertz CT molecular complexity index is 572. The maximum atomic E-state index is 4.56. The van der Waals surface area contributed by atoms with Gasteiger partial charge in [-0.2, -0.15) is 4.98 Å². The van der Waals surface area contributed by atoms with Crippen LogP contribution in [-0.2, 0) is 0 Å². The Morgan fingerprint density at radius 3 is 2.90 bits per heavy atom. The maximum absolute atomic E-state index is 4.56. The van der Waals surface area contributed by atoms with Crippen LogP contribution in [-0.4, -0.2) is 65.8 Å². The van der Waals surface area contributed by atoms with E-state index in [2.05, 4.69) is 45.2 Å². The topological polar surface area (TPSA) is 48.7 Å². The number of pyridine rings is 1. The fourth-order valence-corrected chi connectivity index (χ4v) is 2.46. The van der Waals surface area contributed by atoms with Gasteiger partial charge in [0.15, 0.2) is 5.65 Å². The smallest absolute Gasteiger partial charge is 0.245 e. The number of piperazine rings is 1. The summed E-state index contributed by atoms with van der Waals surface area (Å²) >= 11 is 0. The Kier molecular flexibility index (Phi) is 3.84. The molecule has 3 heterocycles. The molecule has 0 bridgehead atoms. The van der Waals surface area contributed by atoms with E-state index >= 15 is 0 Å². The number of aryl methyl sites for hydroxylation is 1. The Balaban J connectivity index is 1.64. The fraction of sp³-hybridized carbons (Fsp3) is 0.571. The molecule has 20 heavy (non-hydrogen) atoms. The van der Waals surface area contributed by atoms with Gasteiger partial charge in [-0.15, -0.1) is 5.10 Å². The monoisotopic (exact) mass is 274 g/mol. The van der Waals surface area contributed by atoms with E-state index in [1.807, 2.05) is 16.8 Å². The molecule has 6 nitrogen and oxygen atoms in total. The summed E-state index contributed by atoms with van der Waals surface area (Å²) in [5, 5.41) is 7.91. The molecule has 2 aromatic heterocycles. The molecule has 0 spiro atoms. The van der Waals surface area contributed by atoms with Crippen LogP contribution in [0.25, 0.3) is 5.65 Å². The lowest BCUT2D eigenvalue weighted by Gasteiger charge is -2.28. The van der Waals surface area contributed by atoms with E-state index in [1.165, 1.54) is 5.56 Å². The highest BCUT2D eigenvalue weighted by molar-refractivity contribution is 5.45. The first kappa shape index (κ1) is 13.3. The van der Waals surface area contributed by atoms with Gasteiger partial charge in [0.2, 0.25) is 5.95 Å². The van der Waals surface area contributed by atoms with Gasteiger partial charge < -0.3 is 10.2 Å². The molecule has 6 heteroatoms. The number of fused-ring (bicyclic) bond motifs is 1. The Morgan fingerprint density at radius 1 is 1.30 bits per heavy atom. The highest BCUT2D eigenvalue weighted by atomic mass is 15.4. The van der Waals surface area contributed by atoms with Gasteiger partial charge in [0.05, 0.1) is 0 Å². The lowest BCUT2D eigenvalue weighted by molar-refractivity contribution is 0.246. The SMILES string of the molecule is Cc1ccc2nc(N(C)CCN3CCNCC3)nn2c1. The number of aromatic nitrogens is 3. The molecule has 0 amide bonds. The van der Waals surface area contributed by atoms with Crippen molar-refractivity contribution in [2.24, 2.45) is 0 Å². The first-order chi connectivity index (χ1) is 9.72. The number of hydrogen-bond donors (Lipinski definition) is 1. The van der Waals surface area contributed by atoms with E-state index in [9.17, 15) is 0 Å². The van der Waals surface area contributed by atoms with Gasteiger partial charge in [-0.3, -0.25) is 4.90 Å². The minimum atomic E-state index is 0.797. The van der Waals surface area contributed by atoms with Crippen LogP contribution < -0.4 is 10.2 Å². The number of rotatable bonds is 4. The van der Waals surface area contributed by atoms with Crippen molar-refractivity contribution in [2.75, 3.05) is 51.2 Å². The van der Waals surface area contributed by atoms with Crippen molar-refractivity contribution in [1.82, 2.24) is 24.8 Å². The van der Waals surface area contributed by atoms with Crippen molar-refractivity contribution in [3.63, 3.8) is 0 Å². The Hall–Kier alpha value is -1.66. The van der Waals surface area contributed by atoms with Gasteiger partial charge in [-0.1, -0.05) is 6.07 Å². The molecule has 1 saturated heterocycles. The first-order valence-corrected chi connectivity index (χ1v) is 7.19. The molecule has 3 rings (SSSR count).